The van der Waals surface area contributed by atoms with E-state index >= 15 is 0 Å². The molecular formula is C14H19F2NO2. The molecule has 0 aliphatic carbocycles. The van der Waals surface area contributed by atoms with Crippen molar-refractivity contribution in [1.29, 1.82) is 0 Å². The van der Waals surface area contributed by atoms with Gasteiger partial charge in [0.25, 0.3) is 5.91 Å². The lowest BCUT2D eigenvalue weighted by Gasteiger charge is -2.14. The van der Waals surface area contributed by atoms with E-state index in [0.717, 1.165) is 0 Å². The fourth-order valence-electron chi connectivity index (χ4n) is 1.86. The van der Waals surface area contributed by atoms with Gasteiger partial charge in [0.05, 0.1) is 11.7 Å². The maximum atomic E-state index is 13.5. The summed E-state index contributed by atoms with van der Waals surface area (Å²) in [6.45, 7) is 5.35. The van der Waals surface area contributed by atoms with Crippen molar-refractivity contribution in [2.45, 2.75) is 33.3 Å². The van der Waals surface area contributed by atoms with Crippen LogP contribution in [0.3, 0.4) is 0 Å². The van der Waals surface area contributed by atoms with Crippen LogP contribution in [0.5, 0.6) is 0 Å². The standard InChI is InChI=1S/C14H19F2NO2/c1-8(4-10(3)18)7-17-14(19)11-5-9(2)12(15)6-13(11)16/h5-6,8,10,18H,4,7H2,1-3H3,(H,17,19). The van der Waals surface area contributed by atoms with Crippen LogP contribution in [-0.4, -0.2) is 23.7 Å². The predicted molar refractivity (Wildman–Crippen MR) is 68.9 cm³/mol. The van der Waals surface area contributed by atoms with Crippen molar-refractivity contribution in [3.05, 3.63) is 34.9 Å². The molecule has 1 rings (SSSR count). The smallest absolute Gasteiger partial charge is 0.254 e. The third-order valence-electron chi connectivity index (χ3n) is 2.85. The van der Waals surface area contributed by atoms with Crippen molar-refractivity contribution >= 4 is 5.91 Å². The summed E-state index contributed by atoms with van der Waals surface area (Å²) in [5.74, 6) is -2.04. The number of benzene rings is 1. The van der Waals surface area contributed by atoms with Gasteiger partial charge in [-0.3, -0.25) is 4.79 Å². The Morgan fingerprint density at radius 2 is 1.95 bits per heavy atom. The minimum absolute atomic E-state index is 0.0774. The van der Waals surface area contributed by atoms with Gasteiger partial charge in [-0.25, -0.2) is 8.78 Å². The van der Waals surface area contributed by atoms with Gasteiger partial charge < -0.3 is 10.4 Å². The normalized spacial score (nSPS) is 14.0. The zero-order chi connectivity index (χ0) is 14.6. The third kappa shape index (κ3) is 4.59. The van der Waals surface area contributed by atoms with Crippen LogP contribution in [0, 0.1) is 24.5 Å². The number of carbonyl (C=O) groups excluding carboxylic acids is 1. The third-order valence-corrected chi connectivity index (χ3v) is 2.85. The van der Waals surface area contributed by atoms with E-state index < -0.39 is 23.6 Å². The van der Waals surface area contributed by atoms with Gasteiger partial charge >= 0.3 is 0 Å². The second-order valence-electron chi connectivity index (χ2n) is 4.98. The van der Waals surface area contributed by atoms with Crippen LogP contribution < -0.4 is 5.32 Å². The SMILES string of the molecule is Cc1cc(C(=O)NCC(C)CC(C)O)c(F)cc1F. The molecule has 2 N–H and O–H groups in total. The Kier molecular flexibility index (Phi) is 5.42. The topological polar surface area (TPSA) is 49.3 Å². The zero-order valence-electron chi connectivity index (χ0n) is 11.3. The second-order valence-corrected chi connectivity index (χ2v) is 4.98. The summed E-state index contributed by atoms with van der Waals surface area (Å²) < 4.78 is 26.6. The number of carbonyl (C=O) groups is 1. The highest BCUT2D eigenvalue weighted by atomic mass is 19.1. The highest BCUT2D eigenvalue weighted by molar-refractivity contribution is 5.94. The highest BCUT2D eigenvalue weighted by Crippen LogP contribution is 2.14. The van der Waals surface area contributed by atoms with Gasteiger partial charge in [-0.15, -0.1) is 0 Å². The van der Waals surface area contributed by atoms with Crippen LogP contribution in [-0.2, 0) is 0 Å². The van der Waals surface area contributed by atoms with E-state index in [1.165, 1.54) is 13.0 Å². The molecule has 0 fully saturated rings. The number of amides is 1. The number of nitrogens with one attached hydrogen (secondary N) is 1. The zero-order valence-corrected chi connectivity index (χ0v) is 11.3. The first-order valence-electron chi connectivity index (χ1n) is 6.23. The van der Waals surface area contributed by atoms with Gasteiger partial charge in [0.15, 0.2) is 0 Å². The Hall–Kier alpha value is -1.49. The summed E-state index contributed by atoms with van der Waals surface area (Å²) in [6, 6.07) is 1.91. The summed E-state index contributed by atoms with van der Waals surface area (Å²) in [7, 11) is 0. The van der Waals surface area contributed by atoms with Crippen molar-refractivity contribution < 1.29 is 18.7 Å². The lowest BCUT2D eigenvalue weighted by molar-refractivity contribution is 0.0935. The van der Waals surface area contributed by atoms with E-state index in [1.54, 1.807) is 6.92 Å². The van der Waals surface area contributed by atoms with Gasteiger partial charge in [0.1, 0.15) is 11.6 Å². The predicted octanol–water partition coefficient (Wildman–Crippen LogP) is 2.41. The van der Waals surface area contributed by atoms with Gasteiger partial charge in [0.2, 0.25) is 0 Å². The molecule has 2 unspecified atom stereocenters. The molecule has 3 nitrogen and oxygen atoms in total. The molecule has 1 aromatic carbocycles. The number of aliphatic hydroxyl groups is 1. The Bertz CT molecular complexity index is 461. The van der Waals surface area contributed by atoms with E-state index in [0.29, 0.717) is 19.0 Å². The maximum Gasteiger partial charge on any atom is 0.254 e. The molecule has 2 atom stereocenters. The first-order valence-corrected chi connectivity index (χ1v) is 6.23. The maximum absolute atomic E-state index is 13.5. The Morgan fingerprint density at radius 3 is 2.53 bits per heavy atom. The molecule has 19 heavy (non-hydrogen) atoms. The largest absolute Gasteiger partial charge is 0.393 e. The Morgan fingerprint density at radius 1 is 1.32 bits per heavy atom. The molecule has 0 aromatic heterocycles. The summed E-state index contributed by atoms with van der Waals surface area (Å²) in [5.41, 5.74) is 0.0618. The number of rotatable bonds is 5. The molecule has 5 heteroatoms. The summed E-state index contributed by atoms with van der Waals surface area (Å²) >= 11 is 0. The lowest BCUT2D eigenvalue weighted by Crippen LogP contribution is -2.30. The highest BCUT2D eigenvalue weighted by Gasteiger charge is 2.15. The molecule has 1 amide bonds. The summed E-state index contributed by atoms with van der Waals surface area (Å²) in [5, 5.41) is 11.8. The molecule has 0 saturated heterocycles. The molecule has 0 spiro atoms. The Balaban J connectivity index is 2.66. The molecule has 0 bridgehead atoms. The number of aryl methyl sites for hydroxylation is 1. The van der Waals surface area contributed by atoms with Crippen molar-refractivity contribution in [3.63, 3.8) is 0 Å². The quantitative estimate of drug-likeness (QED) is 0.864. The molecule has 0 radical (unpaired) electrons. The van der Waals surface area contributed by atoms with Gasteiger partial charge in [-0.2, -0.15) is 0 Å². The van der Waals surface area contributed by atoms with E-state index in [2.05, 4.69) is 5.32 Å². The molecule has 106 valence electrons. The molecule has 1 aromatic rings. The van der Waals surface area contributed by atoms with Crippen LogP contribution in [0.1, 0.15) is 36.2 Å². The van der Waals surface area contributed by atoms with E-state index in [1.807, 2.05) is 6.92 Å². The van der Waals surface area contributed by atoms with Crippen LogP contribution in [0.2, 0.25) is 0 Å². The lowest BCUT2D eigenvalue weighted by atomic mass is 10.0. The van der Waals surface area contributed by atoms with Crippen molar-refractivity contribution in [1.82, 2.24) is 5.32 Å². The van der Waals surface area contributed by atoms with Gasteiger partial charge in [-0.1, -0.05) is 6.92 Å². The minimum atomic E-state index is -0.872. The van der Waals surface area contributed by atoms with Gasteiger partial charge in [-0.05, 0) is 37.8 Å². The monoisotopic (exact) mass is 271 g/mol. The fourth-order valence-corrected chi connectivity index (χ4v) is 1.86. The minimum Gasteiger partial charge on any atom is -0.393 e. The van der Waals surface area contributed by atoms with Crippen LogP contribution in [0.15, 0.2) is 12.1 Å². The summed E-state index contributed by atoms with van der Waals surface area (Å²) in [4.78, 5) is 11.8. The Labute approximate surface area is 111 Å². The van der Waals surface area contributed by atoms with Crippen molar-refractivity contribution in [3.8, 4) is 0 Å². The van der Waals surface area contributed by atoms with Crippen LogP contribution >= 0.6 is 0 Å². The fraction of sp³-hybridized carbons (Fsp3) is 0.500. The number of hydrogen-bond acceptors (Lipinski definition) is 2. The van der Waals surface area contributed by atoms with E-state index in [4.69, 9.17) is 0 Å². The number of hydrogen-bond donors (Lipinski definition) is 2. The molecule has 0 saturated carbocycles. The number of aliphatic hydroxyl groups excluding tert-OH is 1. The first-order chi connectivity index (χ1) is 8.81. The van der Waals surface area contributed by atoms with Crippen molar-refractivity contribution in [2.75, 3.05) is 6.54 Å². The van der Waals surface area contributed by atoms with Crippen molar-refractivity contribution in [2.24, 2.45) is 5.92 Å². The molecule has 0 aliphatic rings. The van der Waals surface area contributed by atoms with Crippen LogP contribution in [0.25, 0.3) is 0 Å². The second kappa shape index (κ2) is 6.61. The molecule has 0 heterocycles. The average molecular weight is 271 g/mol. The summed E-state index contributed by atoms with van der Waals surface area (Å²) in [6.07, 6.45) is 0.0993. The molecule has 0 aliphatic heterocycles. The first kappa shape index (κ1) is 15.6. The van der Waals surface area contributed by atoms with E-state index in [-0.39, 0.29) is 17.0 Å². The average Bonchev–Trinajstić information content (AvgIpc) is 2.30. The van der Waals surface area contributed by atoms with Gasteiger partial charge in [0, 0.05) is 12.6 Å². The van der Waals surface area contributed by atoms with Crippen LogP contribution in [0.4, 0.5) is 8.78 Å². The molecular weight excluding hydrogens is 252 g/mol. The number of halogens is 2. The van der Waals surface area contributed by atoms with E-state index in [9.17, 15) is 18.7 Å².